The van der Waals surface area contributed by atoms with Crippen molar-refractivity contribution < 1.29 is 9.59 Å². The maximum Gasteiger partial charge on any atom is 0.274 e. The molecule has 2 amide bonds. The van der Waals surface area contributed by atoms with E-state index in [2.05, 4.69) is 15.6 Å². The van der Waals surface area contributed by atoms with Crippen LogP contribution < -0.4 is 10.6 Å². The number of hydrogen-bond acceptors (Lipinski definition) is 3. The minimum atomic E-state index is -0.411. The Balaban J connectivity index is 1.78. The second-order valence-corrected chi connectivity index (χ2v) is 7.05. The van der Waals surface area contributed by atoms with Gasteiger partial charge in [0, 0.05) is 28.2 Å². The van der Waals surface area contributed by atoms with Gasteiger partial charge in [-0.15, -0.1) is 0 Å². The number of anilines is 2. The fourth-order valence-electron chi connectivity index (χ4n) is 2.76. The molecule has 1 aromatic heterocycles. The first kappa shape index (κ1) is 19.6. The molecule has 28 heavy (non-hydrogen) atoms. The van der Waals surface area contributed by atoms with Crippen molar-refractivity contribution in [3.8, 4) is 0 Å². The number of halogens is 1. The molecular formula is C22H20ClN3O2. The number of aryl methyl sites for hydroxylation is 3. The van der Waals surface area contributed by atoms with Gasteiger partial charge in [0.05, 0.1) is 0 Å². The van der Waals surface area contributed by atoms with Crippen LogP contribution in [-0.2, 0) is 0 Å². The first-order valence-corrected chi connectivity index (χ1v) is 9.13. The van der Waals surface area contributed by atoms with Crippen LogP contribution in [0.1, 0.15) is 37.5 Å². The number of nitrogens with zero attached hydrogens (tertiary/aromatic N) is 1. The normalized spacial score (nSPS) is 10.4. The highest BCUT2D eigenvalue weighted by Crippen LogP contribution is 2.21. The van der Waals surface area contributed by atoms with Crippen LogP contribution in [0.2, 0.25) is 5.02 Å². The van der Waals surface area contributed by atoms with Crippen LogP contribution in [0.15, 0.2) is 54.7 Å². The van der Waals surface area contributed by atoms with Crippen molar-refractivity contribution in [2.45, 2.75) is 20.8 Å². The summed E-state index contributed by atoms with van der Waals surface area (Å²) in [6.07, 6.45) is 1.44. The van der Waals surface area contributed by atoms with E-state index in [-0.39, 0.29) is 11.6 Å². The van der Waals surface area contributed by atoms with Crippen molar-refractivity contribution >= 4 is 34.8 Å². The van der Waals surface area contributed by atoms with Gasteiger partial charge in [-0.2, -0.15) is 0 Å². The van der Waals surface area contributed by atoms with Crippen molar-refractivity contribution in [2.24, 2.45) is 0 Å². The molecule has 0 saturated heterocycles. The van der Waals surface area contributed by atoms with Gasteiger partial charge in [-0.25, -0.2) is 0 Å². The molecule has 3 rings (SSSR count). The van der Waals surface area contributed by atoms with Gasteiger partial charge in [0.25, 0.3) is 11.8 Å². The number of nitrogens with one attached hydrogen (secondary N) is 2. The molecule has 2 N–H and O–H groups in total. The SMILES string of the molecule is Cc1ccc(NC(=O)c2ccnc(C(=O)Nc3cc(Cl)ccc3C)c2)c(C)c1. The Morgan fingerprint density at radius 1 is 0.821 bits per heavy atom. The van der Waals surface area contributed by atoms with E-state index in [1.165, 1.54) is 12.3 Å². The van der Waals surface area contributed by atoms with Crippen LogP contribution in [0.5, 0.6) is 0 Å². The zero-order valence-corrected chi connectivity index (χ0v) is 16.6. The minimum Gasteiger partial charge on any atom is -0.322 e. The summed E-state index contributed by atoms with van der Waals surface area (Å²) in [5.41, 5.74) is 4.79. The highest BCUT2D eigenvalue weighted by molar-refractivity contribution is 6.31. The van der Waals surface area contributed by atoms with E-state index in [0.717, 1.165) is 22.4 Å². The summed E-state index contributed by atoms with van der Waals surface area (Å²) in [6, 6.07) is 14.1. The van der Waals surface area contributed by atoms with E-state index < -0.39 is 5.91 Å². The Morgan fingerprint density at radius 2 is 1.57 bits per heavy atom. The third kappa shape index (κ3) is 4.56. The van der Waals surface area contributed by atoms with Crippen molar-refractivity contribution in [2.75, 3.05) is 10.6 Å². The zero-order valence-electron chi connectivity index (χ0n) is 15.8. The molecule has 3 aromatic rings. The van der Waals surface area contributed by atoms with Gasteiger partial charge in [-0.3, -0.25) is 14.6 Å². The Kier molecular flexibility index (Phi) is 5.76. The van der Waals surface area contributed by atoms with E-state index in [1.54, 1.807) is 18.2 Å². The summed E-state index contributed by atoms with van der Waals surface area (Å²) in [4.78, 5) is 29.2. The Labute approximate surface area is 168 Å². The number of carbonyl (C=O) groups excluding carboxylic acids is 2. The maximum atomic E-state index is 12.6. The topological polar surface area (TPSA) is 71.1 Å². The molecule has 0 aliphatic carbocycles. The standard InChI is InChI=1S/C22H20ClN3O2/c1-13-4-7-18(15(3)10-13)25-21(27)16-8-9-24-20(11-16)22(28)26-19-12-17(23)6-5-14(19)2/h4-12H,1-3H3,(H,25,27)(H,26,28). The zero-order chi connectivity index (χ0) is 20.3. The molecule has 0 aliphatic heterocycles. The third-order valence-corrected chi connectivity index (χ3v) is 4.57. The molecule has 0 spiro atoms. The molecule has 6 heteroatoms. The molecular weight excluding hydrogens is 374 g/mol. The van der Waals surface area contributed by atoms with Gasteiger partial charge < -0.3 is 10.6 Å². The van der Waals surface area contributed by atoms with E-state index >= 15 is 0 Å². The first-order chi connectivity index (χ1) is 13.3. The second kappa shape index (κ2) is 8.23. The first-order valence-electron chi connectivity index (χ1n) is 8.75. The molecule has 0 unspecified atom stereocenters. The van der Waals surface area contributed by atoms with Crippen LogP contribution in [0.3, 0.4) is 0 Å². The molecule has 0 atom stereocenters. The van der Waals surface area contributed by atoms with Gasteiger partial charge in [-0.1, -0.05) is 35.4 Å². The smallest absolute Gasteiger partial charge is 0.274 e. The number of pyridine rings is 1. The second-order valence-electron chi connectivity index (χ2n) is 6.62. The molecule has 1 heterocycles. The number of carbonyl (C=O) groups is 2. The molecule has 0 bridgehead atoms. The highest BCUT2D eigenvalue weighted by atomic mass is 35.5. The van der Waals surface area contributed by atoms with E-state index in [1.807, 2.05) is 45.0 Å². The van der Waals surface area contributed by atoms with Gasteiger partial charge in [-0.05, 0) is 62.2 Å². The fraction of sp³-hybridized carbons (Fsp3) is 0.136. The number of hydrogen-bond donors (Lipinski definition) is 2. The lowest BCUT2D eigenvalue weighted by Gasteiger charge is -2.11. The van der Waals surface area contributed by atoms with Crippen molar-refractivity contribution in [3.05, 3.63) is 87.7 Å². The molecule has 0 aliphatic rings. The highest BCUT2D eigenvalue weighted by Gasteiger charge is 2.14. The lowest BCUT2D eigenvalue weighted by atomic mass is 10.1. The van der Waals surface area contributed by atoms with E-state index in [4.69, 9.17) is 11.6 Å². The van der Waals surface area contributed by atoms with E-state index in [9.17, 15) is 9.59 Å². The Hall–Kier alpha value is -3.18. The minimum absolute atomic E-state index is 0.146. The number of benzene rings is 2. The molecule has 0 radical (unpaired) electrons. The van der Waals surface area contributed by atoms with Gasteiger partial charge in [0.1, 0.15) is 5.69 Å². The Bertz CT molecular complexity index is 1060. The van der Waals surface area contributed by atoms with Crippen LogP contribution >= 0.6 is 11.6 Å². The van der Waals surface area contributed by atoms with Crippen molar-refractivity contribution in [1.82, 2.24) is 4.98 Å². The lowest BCUT2D eigenvalue weighted by Crippen LogP contribution is -2.17. The quantitative estimate of drug-likeness (QED) is 0.642. The average Bonchev–Trinajstić information content (AvgIpc) is 2.67. The monoisotopic (exact) mass is 393 g/mol. The predicted molar refractivity (Wildman–Crippen MR) is 112 cm³/mol. The van der Waals surface area contributed by atoms with E-state index in [0.29, 0.717) is 16.3 Å². The van der Waals surface area contributed by atoms with Crippen LogP contribution in [0.4, 0.5) is 11.4 Å². The molecule has 5 nitrogen and oxygen atoms in total. The number of rotatable bonds is 4. The third-order valence-electron chi connectivity index (χ3n) is 4.33. The lowest BCUT2D eigenvalue weighted by molar-refractivity contribution is 0.102. The van der Waals surface area contributed by atoms with Crippen molar-refractivity contribution in [1.29, 1.82) is 0 Å². The summed E-state index contributed by atoms with van der Waals surface area (Å²) in [5, 5.41) is 6.17. The summed E-state index contributed by atoms with van der Waals surface area (Å²) in [7, 11) is 0. The summed E-state index contributed by atoms with van der Waals surface area (Å²) >= 11 is 5.99. The molecule has 0 saturated carbocycles. The number of amides is 2. The van der Waals surface area contributed by atoms with Crippen LogP contribution in [0.25, 0.3) is 0 Å². The average molecular weight is 394 g/mol. The van der Waals surface area contributed by atoms with Crippen LogP contribution in [0, 0.1) is 20.8 Å². The van der Waals surface area contributed by atoms with Crippen molar-refractivity contribution in [3.63, 3.8) is 0 Å². The predicted octanol–water partition coefficient (Wildman–Crippen LogP) is 5.16. The largest absolute Gasteiger partial charge is 0.322 e. The molecule has 142 valence electrons. The summed E-state index contributed by atoms with van der Waals surface area (Å²) in [5.74, 6) is -0.714. The fourth-order valence-corrected chi connectivity index (χ4v) is 2.93. The summed E-state index contributed by atoms with van der Waals surface area (Å²) in [6.45, 7) is 5.79. The van der Waals surface area contributed by atoms with Gasteiger partial charge in [0.2, 0.25) is 0 Å². The van der Waals surface area contributed by atoms with Gasteiger partial charge in [0.15, 0.2) is 0 Å². The molecule has 2 aromatic carbocycles. The maximum absolute atomic E-state index is 12.6. The summed E-state index contributed by atoms with van der Waals surface area (Å²) < 4.78 is 0. The van der Waals surface area contributed by atoms with Gasteiger partial charge >= 0.3 is 0 Å². The Morgan fingerprint density at radius 3 is 2.32 bits per heavy atom. The molecule has 0 fully saturated rings. The number of aromatic nitrogens is 1. The van der Waals surface area contributed by atoms with Crippen LogP contribution in [-0.4, -0.2) is 16.8 Å².